The van der Waals surface area contributed by atoms with Crippen LogP contribution in [0.2, 0.25) is 0 Å². The number of rotatable bonds is 6. The van der Waals surface area contributed by atoms with Gasteiger partial charge in [-0.2, -0.15) is 0 Å². The van der Waals surface area contributed by atoms with Gasteiger partial charge >= 0.3 is 6.09 Å². The minimum atomic E-state index is -0.473. The van der Waals surface area contributed by atoms with Gasteiger partial charge < -0.3 is 15.4 Å². The molecule has 0 spiro atoms. The van der Waals surface area contributed by atoms with Crippen LogP contribution in [0.3, 0.4) is 0 Å². The van der Waals surface area contributed by atoms with Gasteiger partial charge in [0, 0.05) is 18.8 Å². The van der Waals surface area contributed by atoms with Crippen LogP contribution in [0.5, 0.6) is 0 Å². The van der Waals surface area contributed by atoms with Crippen molar-refractivity contribution in [1.29, 1.82) is 0 Å². The van der Waals surface area contributed by atoms with Crippen molar-refractivity contribution in [2.75, 3.05) is 13.1 Å². The van der Waals surface area contributed by atoms with Crippen molar-refractivity contribution in [1.82, 2.24) is 10.6 Å². The van der Waals surface area contributed by atoms with Crippen LogP contribution in [0.4, 0.5) is 4.79 Å². The lowest BCUT2D eigenvalue weighted by Crippen LogP contribution is -2.36. The Hall–Kier alpha value is -1.97. The molecule has 2 N–H and O–H groups in total. The van der Waals surface area contributed by atoms with Crippen LogP contribution >= 0.6 is 0 Å². The molecule has 0 heterocycles. The van der Waals surface area contributed by atoms with E-state index in [2.05, 4.69) is 55.3 Å². The standard InChI is InChI=1S/C18H28N2O2/c1-13(2)15-7-9-16(10-8-15)14(3)19-11-12-20-17(21)22-18(4,5)6/h7-10,13,19H,3,11-12H2,1-2,4-6H3,(H,20,21). The van der Waals surface area contributed by atoms with Gasteiger partial charge in [0.1, 0.15) is 5.60 Å². The quantitative estimate of drug-likeness (QED) is 0.784. The highest BCUT2D eigenvalue weighted by molar-refractivity contribution is 5.67. The van der Waals surface area contributed by atoms with E-state index in [0.29, 0.717) is 19.0 Å². The van der Waals surface area contributed by atoms with Crippen LogP contribution in [0.15, 0.2) is 30.8 Å². The third-order valence-electron chi connectivity index (χ3n) is 3.06. The van der Waals surface area contributed by atoms with E-state index in [1.165, 1.54) is 5.56 Å². The fourth-order valence-electron chi connectivity index (χ4n) is 1.86. The first-order valence-corrected chi connectivity index (χ1v) is 7.69. The molecule has 0 fully saturated rings. The van der Waals surface area contributed by atoms with E-state index in [-0.39, 0.29) is 0 Å². The summed E-state index contributed by atoms with van der Waals surface area (Å²) in [6.07, 6.45) is -0.402. The monoisotopic (exact) mass is 304 g/mol. The first-order valence-electron chi connectivity index (χ1n) is 7.69. The molecule has 4 heteroatoms. The summed E-state index contributed by atoms with van der Waals surface area (Å²) in [5.74, 6) is 0.522. The van der Waals surface area contributed by atoms with Gasteiger partial charge in [0.05, 0.1) is 0 Å². The van der Waals surface area contributed by atoms with Gasteiger partial charge in [0.2, 0.25) is 0 Å². The first-order chi connectivity index (χ1) is 10.2. The van der Waals surface area contributed by atoms with Gasteiger partial charge in [-0.3, -0.25) is 0 Å². The second-order valence-corrected chi connectivity index (χ2v) is 6.61. The first kappa shape index (κ1) is 18.1. The molecule has 0 bridgehead atoms. The molecule has 0 unspecified atom stereocenters. The number of nitrogens with one attached hydrogen (secondary N) is 2. The average Bonchev–Trinajstić information content (AvgIpc) is 2.41. The topological polar surface area (TPSA) is 50.4 Å². The maximum Gasteiger partial charge on any atom is 0.407 e. The van der Waals surface area contributed by atoms with Crippen LogP contribution in [-0.2, 0) is 4.74 Å². The largest absolute Gasteiger partial charge is 0.444 e. The van der Waals surface area contributed by atoms with E-state index >= 15 is 0 Å². The Morgan fingerprint density at radius 2 is 1.68 bits per heavy atom. The van der Waals surface area contributed by atoms with Crippen molar-refractivity contribution in [3.63, 3.8) is 0 Å². The number of hydrogen-bond acceptors (Lipinski definition) is 3. The van der Waals surface area contributed by atoms with Gasteiger partial charge in [-0.05, 0) is 37.8 Å². The summed E-state index contributed by atoms with van der Waals surface area (Å²) in [6, 6.07) is 8.36. The molecule has 4 nitrogen and oxygen atoms in total. The number of amides is 1. The molecule has 0 aliphatic rings. The summed E-state index contributed by atoms with van der Waals surface area (Å²) in [5.41, 5.74) is 2.74. The molecular formula is C18H28N2O2. The smallest absolute Gasteiger partial charge is 0.407 e. The third kappa shape index (κ3) is 6.66. The van der Waals surface area contributed by atoms with E-state index in [1.807, 2.05) is 20.8 Å². The molecule has 1 aromatic rings. The highest BCUT2D eigenvalue weighted by Gasteiger charge is 2.15. The van der Waals surface area contributed by atoms with Crippen molar-refractivity contribution < 1.29 is 9.53 Å². The highest BCUT2D eigenvalue weighted by Crippen LogP contribution is 2.17. The second-order valence-electron chi connectivity index (χ2n) is 6.61. The molecule has 0 atom stereocenters. The fraction of sp³-hybridized carbons (Fsp3) is 0.500. The number of hydrogen-bond donors (Lipinski definition) is 2. The predicted octanol–water partition coefficient (Wildman–Crippen LogP) is 3.90. The Balaban J connectivity index is 2.33. The van der Waals surface area contributed by atoms with E-state index in [1.54, 1.807) is 0 Å². The predicted molar refractivity (Wildman–Crippen MR) is 91.8 cm³/mol. The fourth-order valence-corrected chi connectivity index (χ4v) is 1.86. The lowest BCUT2D eigenvalue weighted by Gasteiger charge is -2.20. The Labute approximate surface area is 133 Å². The summed E-state index contributed by atoms with van der Waals surface area (Å²) in [6.45, 7) is 15.0. The molecule has 0 saturated heterocycles. The van der Waals surface area contributed by atoms with Crippen molar-refractivity contribution >= 4 is 11.8 Å². The molecule has 1 rings (SSSR count). The van der Waals surface area contributed by atoms with Gasteiger partial charge in [0.15, 0.2) is 0 Å². The molecule has 22 heavy (non-hydrogen) atoms. The number of ether oxygens (including phenoxy) is 1. The Morgan fingerprint density at radius 3 is 2.18 bits per heavy atom. The molecule has 1 aromatic carbocycles. The summed E-state index contributed by atoms with van der Waals surface area (Å²) >= 11 is 0. The minimum Gasteiger partial charge on any atom is -0.444 e. The van der Waals surface area contributed by atoms with Crippen LogP contribution < -0.4 is 10.6 Å². The third-order valence-corrected chi connectivity index (χ3v) is 3.06. The number of carbonyl (C=O) groups excluding carboxylic acids is 1. The summed E-state index contributed by atoms with van der Waals surface area (Å²) in [4.78, 5) is 11.5. The number of carbonyl (C=O) groups is 1. The van der Waals surface area contributed by atoms with Crippen molar-refractivity contribution in [2.24, 2.45) is 0 Å². The Morgan fingerprint density at radius 1 is 1.14 bits per heavy atom. The Bertz CT molecular complexity index is 499. The molecule has 0 saturated carbocycles. The van der Waals surface area contributed by atoms with E-state index in [4.69, 9.17) is 4.74 Å². The van der Waals surface area contributed by atoms with Gasteiger partial charge in [-0.1, -0.05) is 44.7 Å². The highest BCUT2D eigenvalue weighted by atomic mass is 16.6. The zero-order valence-electron chi connectivity index (χ0n) is 14.3. The molecule has 0 aliphatic carbocycles. The van der Waals surface area contributed by atoms with Crippen LogP contribution in [0, 0.1) is 0 Å². The van der Waals surface area contributed by atoms with Crippen molar-refractivity contribution in [3.8, 4) is 0 Å². The van der Waals surface area contributed by atoms with Crippen LogP contribution in [0.1, 0.15) is 51.7 Å². The van der Waals surface area contributed by atoms with Crippen molar-refractivity contribution in [2.45, 2.75) is 46.1 Å². The number of alkyl carbamates (subject to hydrolysis) is 1. The SMILES string of the molecule is C=C(NCCNC(=O)OC(C)(C)C)c1ccc(C(C)C)cc1. The average molecular weight is 304 g/mol. The number of benzene rings is 1. The molecule has 0 radical (unpaired) electrons. The lowest BCUT2D eigenvalue weighted by molar-refractivity contribution is 0.0529. The van der Waals surface area contributed by atoms with Crippen molar-refractivity contribution in [3.05, 3.63) is 42.0 Å². The Kier molecular flexibility index (Phi) is 6.47. The zero-order chi connectivity index (χ0) is 16.8. The van der Waals surface area contributed by atoms with Gasteiger partial charge in [-0.15, -0.1) is 0 Å². The van der Waals surface area contributed by atoms with E-state index in [0.717, 1.165) is 11.3 Å². The molecule has 1 amide bonds. The molecule has 0 aliphatic heterocycles. The normalized spacial score (nSPS) is 11.2. The maximum absolute atomic E-state index is 11.5. The maximum atomic E-state index is 11.5. The lowest BCUT2D eigenvalue weighted by atomic mass is 10.0. The van der Waals surface area contributed by atoms with E-state index in [9.17, 15) is 4.79 Å². The summed E-state index contributed by atoms with van der Waals surface area (Å²) in [5, 5.41) is 5.91. The van der Waals surface area contributed by atoms with Gasteiger partial charge in [-0.25, -0.2) is 4.79 Å². The minimum absolute atomic E-state index is 0.402. The van der Waals surface area contributed by atoms with Gasteiger partial charge in [0.25, 0.3) is 0 Å². The van der Waals surface area contributed by atoms with Crippen LogP contribution in [0.25, 0.3) is 5.70 Å². The zero-order valence-corrected chi connectivity index (χ0v) is 14.3. The summed E-state index contributed by atoms with van der Waals surface area (Å²) in [7, 11) is 0. The van der Waals surface area contributed by atoms with E-state index < -0.39 is 11.7 Å². The second kappa shape index (κ2) is 7.87. The molecule has 122 valence electrons. The molecular weight excluding hydrogens is 276 g/mol. The summed E-state index contributed by atoms with van der Waals surface area (Å²) < 4.78 is 5.16. The van der Waals surface area contributed by atoms with Crippen LogP contribution in [-0.4, -0.2) is 24.8 Å². The molecule has 0 aromatic heterocycles.